The van der Waals surface area contributed by atoms with Crippen molar-refractivity contribution in [3.05, 3.63) is 41.2 Å². The predicted octanol–water partition coefficient (Wildman–Crippen LogP) is 2.55. The Morgan fingerprint density at radius 3 is 2.73 bits per heavy atom. The molecule has 0 aliphatic rings. The summed E-state index contributed by atoms with van der Waals surface area (Å²) in [5.41, 5.74) is 1.24. The normalized spacial score (nSPS) is 10.3. The van der Waals surface area contributed by atoms with Gasteiger partial charge in [-0.05, 0) is 12.1 Å². The van der Waals surface area contributed by atoms with Gasteiger partial charge in [-0.3, -0.25) is 4.79 Å². The summed E-state index contributed by atoms with van der Waals surface area (Å²) in [6.07, 6.45) is 2.39. The molecule has 0 atom stereocenters. The molecule has 0 unspecified atom stereocenters. The lowest BCUT2D eigenvalue weighted by Crippen LogP contribution is -1.91. The molecule has 0 fully saturated rings. The van der Waals surface area contributed by atoms with Crippen LogP contribution in [-0.4, -0.2) is 15.8 Å². The highest BCUT2D eigenvalue weighted by atomic mass is 35.5. The molecule has 0 saturated heterocycles. The first-order valence-corrected chi connectivity index (χ1v) is 4.83. The Morgan fingerprint density at radius 2 is 2.13 bits per heavy atom. The highest BCUT2D eigenvalue weighted by molar-refractivity contribution is 6.33. The predicted molar refractivity (Wildman–Crippen MR) is 59.0 cm³/mol. The number of halogens is 1. The van der Waals surface area contributed by atoms with Crippen LogP contribution in [-0.2, 0) is 7.05 Å². The molecule has 2 aromatic rings. The maximum atomic E-state index is 10.6. The summed E-state index contributed by atoms with van der Waals surface area (Å²) in [6, 6.07) is 7.41. The van der Waals surface area contributed by atoms with Crippen LogP contribution >= 0.6 is 11.6 Å². The van der Waals surface area contributed by atoms with Crippen molar-refractivity contribution in [2.45, 2.75) is 0 Å². The van der Waals surface area contributed by atoms with E-state index in [1.54, 1.807) is 16.8 Å². The molecule has 1 aromatic carbocycles. The average Bonchev–Trinajstić information content (AvgIpc) is 2.60. The summed E-state index contributed by atoms with van der Waals surface area (Å²) in [6.45, 7) is 0. The Balaban J connectivity index is 2.58. The zero-order valence-corrected chi connectivity index (χ0v) is 8.90. The van der Waals surface area contributed by atoms with Crippen molar-refractivity contribution in [3.8, 4) is 11.4 Å². The average molecular weight is 221 g/mol. The molecule has 0 radical (unpaired) electrons. The number of aldehydes is 1. The van der Waals surface area contributed by atoms with Gasteiger partial charge in [0.25, 0.3) is 0 Å². The Kier molecular flexibility index (Phi) is 2.56. The number of aryl methyl sites for hydroxylation is 1. The minimum absolute atomic E-state index is 0.410. The van der Waals surface area contributed by atoms with Gasteiger partial charge < -0.3 is 4.57 Å². The van der Waals surface area contributed by atoms with Crippen molar-refractivity contribution in [1.82, 2.24) is 9.55 Å². The lowest BCUT2D eigenvalue weighted by Gasteiger charge is -2.02. The number of aromatic nitrogens is 2. The summed E-state index contributed by atoms with van der Waals surface area (Å²) in [7, 11) is 1.83. The van der Waals surface area contributed by atoms with Crippen molar-refractivity contribution in [3.63, 3.8) is 0 Å². The molecular formula is C11H9ClN2O. The van der Waals surface area contributed by atoms with Crippen molar-refractivity contribution in [2.75, 3.05) is 0 Å². The molecule has 0 saturated carbocycles. The molecule has 0 bridgehead atoms. The first kappa shape index (κ1) is 9.93. The molecule has 1 aromatic heterocycles. The number of carbonyl (C=O) groups excluding carboxylic acids is 1. The maximum absolute atomic E-state index is 10.6. The van der Waals surface area contributed by atoms with Crippen LogP contribution in [0.2, 0.25) is 5.02 Å². The van der Waals surface area contributed by atoms with Gasteiger partial charge in [-0.15, -0.1) is 0 Å². The van der Waals surface area contributed by atoms with Crippen molar-refractivity contribution in [1.29, 1.82) is 0 Å². The molecule has 0 aliphatic carbocycles. The third-order valence-corrected chi connectivity index (χ3v) is 2.46. The zero-order chi connectivity index (χ0) is 10.8. The monoisotopic (exact) mass is 220 g/mol. The minimum atomic E-state index is 0.410. The van der Waals surface area contributed by atoms with E-state index in [9.17, 15) is 4.79 Å². The summed E-state index contributed by atoms with van der Waals surface area (Å²) in [5.74, 6) is 0.697. The van der Waals surface area contributed by atoms with E-state index < -0.39 is 0 Å². The quantitative estimate of drug-likeness (QED) is 0.729. The molecule has 76 valence electrons. The second-order valence-electron chi connectivity index (χ2n) is 3.20. The third kappa shape index (κ3) is 1.78. The number of nitrogens with zero attached hydrogens (tertiary/aromatic N) is 2. The summed E-state index contributed by atoms with van der Waals surface area (Å²) in [5, 5.41) is 0.628. The van der Waals surface area contributed by atoms with Gasteiger partial charge in [0.1, 0.15) is 11.5 Å². The van der Waals surface area contributed by atoms with Gasteiger partial charge in [0.05, 0.1) is 5.02 Å². The van der Waals surface area contributed by atoms with Gasteiger partial charge in [0.2, 0.25) is 0 Å². The highest BCUT2D eigenvalue weighted by Crippen LogP contribution is 2.25. The fourth-order valence-electron chi connectivity index (χ4n) is 1.44. The molecule has 0 N–H and O–H groups in total. The molecular weight excluding hydrogens is 212 g/mol. The number of hydrogen-bond donors (Lipinski definition) is 0. The molecule has 2 rings (SSSR count). The SMILES string of the molecule is Cn1cc(C=O)nc1-c1ccccc1Cl. The van der Waals surface area contributed by atoms with Crippen LogP contribution in [0.5, 0.6) is 0 Å². The second-order valence-corrected chi connectivity index (χ2v) is 3.61. The molecule has 0 aliphatic heterocycles. The molecule has 3 nitrogen and oxygen atoms in total. The standard InChI is InChI=1S/C11H9ClN2O/c1-14-6-8(7-15)13-11(14)9-4-2-3-5-10(9)12/h2-7H,1H3. The zero-order valence-electron chi connectivity index (χ0n) is 8.14. The lowest BCUT2D eigenvalue weighted by atomic mass is 10.2. The van der Waals surface area contributed by atoms with Crippen LogP contribution < -0.4 is 0 Å². The Hall–Kier alpha value is -1.61. The van der Waals surface area contributed by atoms with Crippen LogP contribution in [0, 0.1) is 0 Å². The molecule has 0 spiro atoms. The first-order valence-electron chi connectivity index (χ1n) is 4.46. The topological polar surface area (TPSA) is 34.9 Å². The number of rotatable bonds is 2. The van der Waals surface area contributed by atoms with Gasteiger partial charge in [-0.2, -0.15) is 0 Å². The summed E-state index contributed by atoms with van der Waals surface area (Å²) in [4.78, 5) is 14.7. The van der Waals surface area contributed by atoms with E-state index in [0.29, 0.717) is 16.5 Å². The summed E-state index contributed by atoms with van der Waals surface area (Å²) >= 11 is 6.04. The van der Waals surface area contributed by atoms with E-state index in [0.717, 1.165) is 11.8 Å². The van der Waals surface area contributed by atoms with Gasteiger partial charge in [0.15, 0.2) is 6.29 Å². The Morgan fingerprint density at radius 1 is 1.40 bits per heavy atom. The van der Waals surface area contributed by atoms with E-state index in [4.69, 9.17) is 11.6 Å². The van der Waals surface area contributed by atoms with Gasteiger partial charge >= 0.3 is 0 Å². The number of hydrogen-bond acceptors (Lipinski definition) is 2. The third-order valence-electron chi connectivity index (χ3n) is 2.13. The van der Waals surface area contributed by atoms with E-state index >= 15 is 0 Å². The maximum Gasteiger partial charge on any atom is 0.170 e. The Bertz CT molecular complexity index is 505. The van der Waals surface area contributed by atoms with Gasteiger partial charge in [0, 0.05) is 18.8 Å². The van der Waals surface area contributed by atoms with Gasteiger partial charge in [-0.25, -0.2) is 4.98 Å². The molecule has 15 heavy (non-hydrogen) atoms. The highest BCUT2D eigenvalue weighted by Gasteiger charge is 2.09. The number of carbonyl (C=O) groups is 1. The van der Waals surface area contributed by atoms with Crippen LogP contribution in [0.1, 0.15) is 10.5 Å². The van der Waals surface area contributed by atoms with Crippen molar-refractivity contribution >= 4 is 17.9 Å². The van der Waals surface area contributed by atoms with Crippen LogP contribution in [0.15, 0.2) is 30.5 Å². The number of imidazole rings is 1. The Labute approximate surface area is 92.3 Å². The fraction of sp³-hybridized carbons (Fsp3) is 0.0909. The van der Waals surface area contributed by atoms with Crippen molar-refractivity contribution in [2.24, 2.45) is 7.05 Å². The smallest absolute Gasteiger partial charge is 0.170 e. The number of benzene rings is 1. The van der Waals surface area contributed by atoms with Crippen molar-refractivity contribution < 1.29 is 4.79 Å². The van der Waals surface area contributed by atoms with Crippen LogP contribution in [0.4, 0.5) is 0 Å². The molecule has 1 heterocycles. The lowest BCUT2D eigenvalue weighted by molar-refractivity contribution is 0.111. The largest absolute Gasteiger partial charge is 0.333 e. The molecule has 0 amide bonds. The minimum Gasteiger partial charge on any atom is -0.333 e. The van der Waals surface area contributed by atoms with E-state index in [1.807, 2.05) is 25.2 Å². The fourth-order valence-corrected chi connectivity index (χ4v) is 1.66. The van der Waals surface area contributed by atoms with Crippen LogP contribution in [0.3, 0.4) is 0 Å². The van der Waals surface area contributed by atoms with Crippen LogP contribution in [0.25, 0.3) is 11.4 Å². The van der Waals surface area contributed by atoms with Gasteiger partial charge in [-0.1, -0.05) is 23.7 Å². The summed E-state index contributed by atoms with van der Waals surface area (Å²) < 4.78 is 1.78. The molecule has 4 heteroatoms. The van der Waals surface area contributed by atoms with E-state index in [-0.39, 0.29) is 0 Å². The second kappa shape index (κ2) is 3.87. The first-order chi connectivity index (χ1) is 7.22. The van der Waals surface area contributed by atoms with E-state index in [2.05, 4.69) is 4.98 Å². The van der Waals surface area contributed by atoms with E-state index in [1.165, 1.54) is 0 Å².